The highest BCUT2D eigenvalue weighted by atomic mass is 16.6. The summed E-state index contributed by atoms with van der Waals surface area (Å²) in [6.45, 7) is 1.31. The van der Waals surface area contributed by atoms with Crippen LogP contribution in [-0.4, -0.2) is 96.0 Å². The Balaban J connectivity index is 1.27. The highest BCUT2D eigenvalue weighted by molar-refractivity contribution is 6.01. The number of nitrogens with two attached hydrogens (primary N) is 1. The van der Waals surface area contributed by atoms with E-state index in [0.29, 0.717) is 54.9 Å². The maximum absolute atomic E-state index is 14.7. The van der Waals surface area contributed by atoms with Crippen molar-refractivity contribution in [1.29, 1.82) is 0 Å². The summed E-state index contributed by atoms with van der Waals surface area (Å²) in [4.78, 5) is 76.7. The SMILES string of the molecule is COc1ccc([C@@H](NC(=O)OCc2ccccc2)C(=O)N2C[C@H](OC(=O)N3CCCCC3)C[C@H]2C(=O)N[C@@H](CCCCN)C(=O)c2nc3ccccc3o2)cc1. The minimum absolute atomic E-state index is 0.0425. The highest BCUT2D eigenvalue weighted by Gasteiger charge is 2.45. The van der Waals surface area contributed by atoms with Gasteiger partial charge in [0, 0.05) is 19.5 Å². The number of unbranched alkanes of at least 4 members (excludes halogenated alkanes) is 1. The number of methoxy groups -OCH3 is 1. The number of aromatic nitrogens is 1. The molecule has 2 aliphatic heterocycles. The molecule has 15 nitrogen and oxygen atoms in total. The lowest BCUT2D eigenvalue weighted by Crippen LogP contribution is -2.53. The molecule has 296 valence electrons. The molecule has 4 aromatic rings. The fourth-order valence-corrected chi connectivity index (χ4v) is 6.96. The van der Waals surface area contributed by atoms with Crippen molar-refractivity contribution < 1.29 is 42.6 Å². The van der Waals surface area contributed by atoms with Crippen LogP contribution in [0.15, 0.2) is 83.3 Å². The molecule has 2 fully saturated rings. The van der Waals surface area contributed by atoms with Crippen LogP contribution in [0.5, 0.6) is 5.75 Å². The number of nitrogens with zero attached hydrogens (tertiary/aromatic N) is 3. The molecule has 0 saturated carbocycles. The number of fused-ring (bicyclic) bond motifs is 1. The first kappa shape index (κ1) is 39.7. The number of rotatable bonds is 15. The van der Waals surface area contributed by atoms with Gasteiger partial charge in [0.05, 0.1) is 19.7 Å². The Morgan fingerprint density at radius 2 is 1.64 bits per heavy atom. The van der Waals surface area contributed by atoms with Gasteiger partial charge >= 0.3 is 12.2 Å². The third-order valence-corrected chi connectivity index (χ3v) is 9.99. The fraction of sp³-hybridized carbons (Fsp3) is 0.415. The van der Waals surface area contributed by atoms with E-state index >= 15 is 0 Å². The van der Waals surface area contributed by atoms with Gasteiger partial charge in [0.15, 0.2) is 5.58 Å². The second kappa shape index (κ2) is 19.1. The van der Waals surface area contributed by atoms with E-state index in [9.17, 15) is 24.0 Å². The molecule has 6 rings (SSSR count). The number of carbonyl (C=O) groups is 5. The standard InChI is InChI=1S/C41H48N6O9/c1-53-29-19-17-28(18-20-29)35(45-40(51)54-26-27-12-4-2-5-13-27)39(50)47-25-30(55-41(52)46-22-10-3-11-23-46)24-33(47)37(49)43-32(15-8-9-21-42)36(48)38-44-31-14-6-7-16-34(31)56-38/h2,4-7,12-14,16-20,30,32-33,35H,3,8-11,15,21-26,42H2,1H3,(H,43,49)(H,45,51)/t30-,32+,33+,35-/m1/s1. The van der Waals surface area contributed by atoms with Crippen LogP contribution in [0, 0.1) is 0 Å². The Hall–Kier alpha value is -5.96. The number of benzene rings is 3. The smallest absolute Gasteiger partial charge is 0.410 e. The number of ether oxygens (including phenoxy) is 3. The van der Waals surface area contributed by atoms with Crippen LogP contribution < -0.4 is 21.1 Å². The van der Waals surface area contributed by atoms with Gasteiger partial charge in [-0.05, 0) is 80.5 Å². The van der Waals surface area contributed by atoms with Crippen molar-refractivity contribution >= 4 is 40.9 Å². The number of hydrogen-bond donors (Lipinski definition) is 3. The summed E-state index contributed by atoms with van der Waals surface area (Å²) in [7, 11) is 1.51. The van der Waals surface area contributed by atoms with E-state index in [1.54, 1.807) is 65.6 Å². The number of alkyl carbamates (subject to hydrolysis) is 1. The topological polar surface area (TPSA) is 196 Å². The molecular formula is C41H48N6O9. The van der Waals surface area contributed by atoms with E-state index in [0.717, 1.165) is 24.8 Å². The predicted molar refractivity (Wildman–Crippen MR) is 204 cm³/mol. The summed E-state index contributed by atoms with van der Waals surface area (Å²) < 4.78 is 22.5. The lowest BCUT2D eigenvalue weighted by molar-refractivity contribution is -0.140. The van der Waals surface area contributed by atoms with Crippen LogP contribution >= 0.6 is 0 Å². The van der Waals surface area contributed by atoms with Gasteiger partial charge in [-0.2, -0.15) is 0 Å². The fourth-order valence-electron chi connectivity index (χ4n) is 6.96. The van der Waals surface area contributed by atoms with Crippen molar-refractivity contribution in [3.63, 3.8) is 0 Å². The van der Waals surface area contributed by atoms with Crippen molar-refractivity contribution in [2.75, 3.05) is 33.3 Å². The minimum Gasteiger partial charge on any atom is -0.497 e. The second-order valence-corrected chi connectivity index (χ2v) is 13.9. The molecule has 2 saturated heterocycles. The quantitative estimate of drug-likeness (QED) is 0.110. The number of oxazole rings is 1. The van der Waals surface area contributed by atoms with Gasteiger partial charge in [0.2, 0.25) is 11.7 Å². The number of hydrogen-bond acceptors (Lipinski definition) is 11. The average molecular weight is 769 g/mol. The lowest BCUT2D eigenvalue weighted by atomic mass is 10.0. The normalized spacial score (nSPS) is 17.8. The molecule has 0 radical (unpaired) electrons. The second-order valence-electron chi connectivity index (χ2n) is 13.9. The number of carbonyl (C=O) groups excluding carboxylic acids is 5. The van der Waals surface area contributed by atoms with Crippen molar-refractivity contribution in [1.82, 2.24) is 25.4 Å². The summed E-state index contributed by atoms with van der Waals surface area (Å²) >= 11 is 0. The van der Waals surface area contributed by atoms with Crippen LogP contribution in [0.25, 0.3) is 11.1 Å². The molecule has 3 aromatic carbocycles. The van der Waals surface area contributed by atoms with E-state index in [2.05, 4.69) is 15.6 Å². The van der Waals surface area contributed by atoms with Crippen molar-refractivity contribution in [2.45, 2.75) is 75.8 Å². The molecule has 2 aliphatic rings. The average Bonchev–Trinajstić information content (AvgIpc) is 3.87. The van der Waals surface area contributed by atoms with Crippen LogP contribution in [0.4, 0.5) is 9.59 Å². The number of ketones is 1. The highest BCUT2D eigenvalue weighted by Crippen LogP contribution is 2.28. The maximum atomic E-state index is 14.7. The summed E-state index contributed by atoms with van der Waals surface area (Å²) in [5.41, 5.74) is 7.81. The summed E-state index contributed by atoms with van der Waals surface area (Å²) in [6, 6.07) is 19.0. The number of para-hydroxylation sites is 2. The molecule has 1 aromatic heterocycles. The van der Waals surface area contributed by atoms with Gasteiger partial charge in [0.25, 0.3) is 11.8 Å². The Labute approximate surface area is 324 Å². The number of nitrogens with one attached hydrogen (secondary N) is 2. The first-order valence-corrected chi connectivity index (χ1v) is 19.0. The van der Waals surface area contributed by atoms with Crippen molar-refractivity contribution in [2.24, 2.45) is 5.73 Å². The molecule has 3 heterocycles. The van der Waals surface area contributed by atoms with E-state index < -0.39 is 54.0 Å². The van der Waals surface area contributed by atoms with Gasteiger partial charge in [-0.25, -0.2) is 14.6 Å². The number of likely N-dealkylation sites (tertiary alicyclic amines) is 2. The zero-order chi connectivity index (χ0) is 39.4. The lowest BCUT2D eigenvalue weighted by Gasteiger charge is -2.29. The van der Waals surface area contributed by atoms with E-state index in [-0.39, 0.29) is 31.9 Å². The van der Waals surface area contributed by atoms with Gasteiger partial charge in [-0.3, -0.25) is 14.4 Å². The van der Waals surface area contributed by atoms with Gasteiger partial charge in [0.1, 0.15) is 36.1 Å². The third kappa shape index (κ3) is 10.0. The molecule has 0 aliphatic carbocycles. The molecule has 0 bridgehead atoms. The van der Waals surface area contributed by atoms with Gasteiger partial charge < -0.3 is 44.8 Å². The van der Waals surface area contributed by atoms with E-state index in [1.807, 2.05) is 18.2 Å². The molecule has 56 heavy (non-hydrogen) atoms. The predicted octanol–water partition coefficient (Wildman–Crippen LogP) is 4.89. The van der Waals surface area contributed by atoms with E-state index in [1.165, 1.54) is 12.0 Å². The molecule has 15 heteroatoms. The van der Waals surface area contributed by atoms with Crippen LogP contribution in [0.2, 0.25) is 0 Å². The molecule has 0 spiro atoms. The zero-order valence-corrected chi connectivity index (χ0v) is 31.4. The maximum Gasteiger partial charge on any atom is 0.410 e. The number of piperidine rings is 1. The first-order valence-electron chi connectivity index (χ1n) is 19.0. The molecule has 4 atom stereocenters. The Morgan fingerprint density at radius 1 is 0.911 bits per heavy atom. The first-order chi connectivity index (χ1) is 27.2. The summed E-state index contributed by atoms with van der Waals surface area (Å²) in [5.74, 6) is -1.45. The largest absolute Gasteiger partial charge is 0.497 e. The Kier molecular flexibility index (Phi) is 13.5. The zero-order valence-electron chi connectivity index (χ0n) is 31.4. The molecule has 4 N–H and O–H groups in total. The van der Waals surface area contributed by atoms with Gasteiger partial charge in [-0.1, -0.05) is 54.6 Å². The van der Waals surface area contributed by atoms with Crippen molar-refractivity contribution in [3.05, 3.63) is 95.9 Å². The Morgan fingerprint density at radius 3 is 2.36 bits per heavy atom. The summed E-state index contributed by atoms with van der Waals surface area (Å²) in [6.07, 6.45) is 1.79. The summed E-state index contributed by atoms with van der Waals surface area (Å²) in [5, 5.41) is 5.54. The van der Waals surface area contributed by atoms with Crippen LogP contribution in [-0.2, 0) is 25.7 Å². The molecule has 4 amide bonds. The third-order valence-electron chi connectivity index (χ3n) is 9.99. The van der Waals surface area contributed by atoms with Crippen LogP contribution in [0.1, 0.15) is 72.8 Å². The number of Topliss-reactive ketones (excluding diaryl/α,β-unsaturated/α-hetero) is 1. The molecule has 0 unspecified atom stereocenters. The van der Waals surface area contributed by atoms with Gasteiger partial charge in [-0.15, -0.1) is 0 Å². The van der Waals surface area contributed by atoms with Crippen molar-refractivity contribution in [3.8, 4) is 5.75 Å². The monoisotopic (exact) mass is 768 g/mol. The Bertz CT molecular complexity index is 1930. The van der Waals surface area contributed by atoms with E-state index in [4.69, 9.17) is 24.4 Å². The minimum atomic E-state index is -1.31. The molecular weight excluding hydrogens is 720 g/mol. The van der Waals surface area contributed by atoms with Crippen LogP contribution in [0.3, 0.4) is 0 Å². The number of amides is 4.